The van der Waals surface area contributed by atoms with E-state index in [9.17, 15) is 4.79 Å². The molecule has 88 valence electrons. The second-order valence-corrected chi connectivity index (χ2v) is 11.9. The molecule has 5 heteroatoms. The predicted octanol–water partition coefficient (Wildman–Crippen LogP) is 1.80. The van der Waals surface area contributed by atoms with Crippen LogP contribution in [0.1, 0.15) is 10.4 Å². The summed E-state index contributed by atoms with van der Waals surface area (Å²) in [6.45, 7) is 8.64. The molecule has 0 saturated carbocycles. The van der Waals surface area contributed by atoms with Crippen molar-refractivity contribution in [3.05, 3.63) is 29.8 Å². The van der Waals surface area contributed by atoms with Crippen LogP contribution in [0.5, 0.6) is 0 Å². The van der Waals surface area contributed by atoms with Crippen molar-refractivity contribution >= 4 is 28.5 Å². The van der Waals surface area contributed by atoms with E-state index in [0.29, 0.717) is 5.56 Å². The third kappa shape index (κ3) is 3.92. The zero-order valence-electron chi connectivity index (χ0n) is 10.2. The zero-order chi connectivity index (χ0) is 12.3. The second kappa shape index (κ2) is 4.94. The van der Waals surface area contributed by atoms with Crippen molar-refractivity contribution in [3.8, 4) is 0 Å². The minimum absolute atomic E-state index is 0.331. The SMILES string of the molecule is C[SiH](O[Si](C)(C)C)c1ccc(C(=O)O)cc1. The number of carboxylic acids is 1. The van der Waals surface area contributed by atoms with Crippen LogP contribution in [-0.2, 0) is 4.12 Å². The van der Waals surface area contributed by atoms with Crippen molar-refractivity contribution in [3.63, 3.8) is 0 Å². The first kappa shape index (κ1) is 13.2. The molecular weight excluding hydrogens is 236 g/mol. The van der Waals surface area contributed by atoms with Gasteiger partial charge in [0.1, 0.15) is 0 Å². The Labute approximate surface area is 98.9 Å². The highest BCUT2D eigenvalue weighted by molar-refractivity contribution is 6.81. The summed E-state index contributed by atoms with van der Waals surface area (Å²) in [5, 5.41) is 9.95. The summed E-state index contributed by atoms with van der Waals surface area (Å²) in [7, 11) is -2.86. The van der Waals surface area contributed by atoms with E-state index in [1.54, 1.807) is 12.1 Å². The van der Waals surface area contributed by atoms with Gasteiger partial charge in [0.2, 0.25) is 0 Å². The normalized spacial score (nSPS) is 13.5. The highest BCUT2D eigenvalue weighted by Gasteiger charge is 2.20. The molecule has 1 aromatic carbocycles. The monoisotopic (exact) mass is 254 g/mol. The molecule has 3 nitrogen and oxygen atoms in total. The summed E-state index contributed by atoms with van der Waals surface area (Å²) < 4.78 is 6.05. The fourth-order valence-electron chi connectivity index (χ4n) is 1.50. The first-order valence-corrected chi connectivity index (χ1v) is 10.9. The lowest BCUT2D eigenvalue weighted by molar-refractivity contribution is 0.0697. The fraction of sp³-hybridized carbons (Fsp3) is 0.364. The van der Waals surface area contributed by atoms with Crippen LogP contribution < -0.4 is 5.19 Å². The summed E-state index contributed by atoms with van der Waals surface area (Å²) in [5.74, 6) is -0.882. The Morgan fingerprint density at radius 1 is 1.25 bits per heavy atom. The van der Waals surface area contributed by atoms with Gasteiger partial charge in [-0.15, -0.1) is 0 Å². The van der Waals surface area contributed by atoms with Crippen molar-refractivity contribution in [1.82, 2.24) is 0 Å². The second-order valence-electron chi connectivity index (χ2n) is 4.80. The van der Waals surface area contributed by atoms with Crippen molar-refractivity contribution in [2.24, 2.45) is 0 Å². The van der Waals surface area contributed by atoms with Gasteiger partial charge >= 0.3 is 5.97 Å². The Bertz CT molecular complexity index is 368. The quantitative estimate of drug-likeness (QED) is 0.833. The van der Waals surface area contributed by atoms with E-state index in [1.165, 1.54) is 0 Å². The van der Waals surface area contributed by atoms with Gasteiger partial charge in [-0.1, -0.05) is 12.1 Å². The highest BCUT2D eigenvalue weighted by Crippen LogP contribution is 2.06. The number of aromatic carboxylic acids is 1. The third-order valence-electron chi connectivity index (χ3n) is 2.16. The van der Waals surface area contributed by atoms with Gasteiger partial charge in [-0.3, -0.25) is 0 Å². The van der Waals surface area contributed by atoms with E-state index in [2.05, 4.69) is 26.2 Å². The Kier molecular flexibility index (Phi) is 4.06. The van der Waals surface area contributed by atoms with Crippen LogP contribution in [0.3, 0.4) is 0 Å². The molecule has 0 spiro atoms. The number of carbonyl (C=O) groups is 1. The third-order valence-corrected chi connectivity index (χ3v) is 7.72. The Balaban J connectivity index is 2.78. The molecular formula is C11H18O3Si2. The Morgan fingerprint density at radius 2 is 1.75 bits per heavy atom. The molecule has 1 unspecified atom stereocenters. The number of rotatable bonds is 4. The summed E-state index contributed by atoms with van der Waals surface area (Å²) in [6, 6.07) is 7.05. The van der Waals surface area contributed by atoms with Crippen molar-refractivity contribution in [1.29, 1.82) is 0 Å². The summed E-state index contributed by atoms with van der Waals surface area (Å²) in [5.41, 5.74) is 0.331. The molecule has 1 N–H and O–H groups in total. The predicted molar refractivity (Wildman–Crippen MR) is 70.5 cm³/mol. The lowest BCUT2D eigenvalue weighted by Gasteiger charge is -2.23. The molecule has 0 bridgehead atoms. The van der Waals surface area contributed by atoms with Gasteiger partial charge in [-0.05, 0) is 43.5 Å². The summed E-state index contributed by atoms with van der Waals surface area (Å²) in [4.78, 5) is 10.7. The molecule has 0 aromatic heterocycles. The minimum Gasteiger partial charge on any atom is -0.478 e. The summed E-state index contributed by atoms with van der Waals surface area (Å²) >= 11 is 0. The molecule has 0 amide bonds. The largest absolute Gasteiger partial charge is 0.478 e. The molecule has 1 rings (SSSR count). The first-order valence-electron chi connectivity index (χ1n) is 5.30. The van der Waals surface area contributed by atoms with Crippen LogP contribution in [-0.4, -0.2) is 28.4 Å². The molecule has 16 heavy (non-hydrogen) atoms. The van der Waals surface area contributed by atoms with Gasteiger partial charge in [0, 0.05) is 0 Å². The van der Waals surface area contributed by atoms with E-state index >= 15 is 0 Å². The molecule has 0 heterocycles. The maximum atomic E-state index is 10.7. The Hall–Kier alpha value is -0.916. The molecule has 0 aliphatic heterocycles. The van der Waals surface area contributed by atoms with E-state index in [-0.39, 0.29) is 0 Å². The molecule has 0 aliphatic rings. The first-order chi connectivity index (χ1) is 7.29. The van der Waals surface area contributed by atoms with E-state index in [1.807, 2.05) is 12.1 Å². The van der Waals surface area contributed by atoms with Crippen LogP contribution in [0.25, 0.3) is 0 Å². The van der Waals surface area contributed by atoms with Gasteiger partial charge in [0.15, 0.2) is 17.4 Å². The minimum atomic E-state index is -1.49. The van der Waals surface area contributed by atoms with Gasteiger partial charge in [0.05, 0.1) is 5.56 Å². The van der Waals surface area contributed by atoms with Gasteiger partial charge in [0.25, 0.3) is 0 Å². The average molecular weight is 254 g/mol. The van der Waals surface area contributed by atoms with E-state index in [4.69, 9.17) is 9.22 Å². The maximum Gasteiger partial charge on any atom is 0.335 e. The van der Waals surface area contributed by atoms with Crippen molar-refractivity contribution in [2.75, 3.05) is 0 Å². The molecule has 0 saturated heterocycles. The van der Waals surface area contributed by atoms with Crippen molar-refractivity contribution < 1.29 is 14.0 Å². The zero-order valence-corrected chi connectivity index (χ0v) is 12.3. The molecule has 0 aliphatic carbocycles. The van der Waals surface area contributed by atoms with Gasteiger partial charge < -0.3 is 9.22 Å². The number of carboxylic acid groups (broad SMARTS) is 1. The fourth-order valence-corrected chi connectivity index (χ4v) is 7.02. The standard InChI is InChI=1S/C11H18O3Si2/c1-15(14-16(2,3)4)10-7-5-9(6-8-10)11(12)13/h5-8,15H,1-4H3,(H,12,13). The maximum absolute atomic E-state index is 10.7. The van der Waals surface area contributed by atoms with Gasteiger partial charge in [-0.2, -0.15) is 0 Å². The number of hydrogen-bond acceptors (Lipinski definition) is 2. The lowest BCUT2D eigenvalue weighted by atomic mass is 10.2. The van der Waals surface area contributed by atoms with Gasteiger partial charge in [-0.25, -0.2) is 4.79 Å². The highest BCUT2D eigenvalue weighted by atomic mass is 28.4. The van der Waals surface area contributed by atoms with Crippen LogP contribution in [0.4, 0.5) is 0 Å². The summed E-state index contributed by atoms with van der Waals surface area (Å²) in [6.07, 6.45) is 0. The van der Waals surface area contributed by atoms with E-state index < -0.39 is 23.3 Å². The van der Waals surface area contributed by atoms with Crippen LogP contribution in [0, 0.1) is 0 Å². The topological polar surface area (TPSA) is 46.5 Å². The lowest BCUT2D eigenvalue weighted by Crippen LogP contribution is -2.40. The van der Waals surface area contributed by atoms with Crippen LogP contribution in [0.2, 0.25) is 26.2 Å². The van der Waals surface area contributed by atoms with Crippen molar-refractivity contribution in [2.45, 2.75) is 26.2 Å². The average Bonchev–Trinajstić information content (AvgIpc) is 2.15. The molecule has 1 atom stereocenters. The molecule has 0 radical (unpaired) electrons. The Morgan fingerprint density at radius 3 is 2.12 bits per heavy atom. The van der Waals surface area contributed by atoms with E-state index in [0.717, 1.165) is 5.19 Å². The van der Waals surface area contributed by atoms with Crippen LogP contribution in [0.15, 0.2) is 24.3 Å². The van der Waals surface area contributed by atoms with Crippen LogP contribution >= 0.6 is 0 Å². The molecule has 1 aromatic rings. The number of hydrogen-bond donors (Lipinski definition) is 1. The molecule has 0 fully saturated rings. The number of benzene rings is 1. The smallest absolute Gasteiger partial charge is 0.335 e.